The molecule has 0 saturated carbocycles. The highest BCUT2D eigenvalue weighted by Crippen LogP contribution is 2.17. The minimum absolute atomic E-state index is 0.0750. The van der Waals surface area contributed by atoms with Crippen molar-refractivity contribution in [2.75, 3.05) is 13.2 Å². The lowest BCUT2D eigenvalue weighted by molar-refractivity contribution is -0.167. The first-order valence-electron chi connectivity index (χ1n) is 32.3. The van der Waals surface area contributed by atoms with E-state index in [1.54, 1.807) is 0 Å². The molecule has 0 N–H and O–H groups in total. The zero-order chi connectivity index (χ0) is 53.6. The summed E-state index contributed by atoms with van der Waals surface area (Å²) in [6.07, 6.45) is 79.3. The fourth-order valence-electron chi connectivity index (χ4n) is 9.36. The summed E-state index contributed by atoms with van der Waals surface area (Å²) in [4.78, 5) is 38.3. The molecule has 0 aliphatic heterocycles. The Balaban J connectivity index is 4.34. The Morgan fingerprint density at radius 3 is 0.784 bits per heavy atom. The molecule has 0 rings (SSSR count). The fourth-order valence-corrected chi connectivity index (χ4v) is 9.36. The van der Waals surface area contributed by atoms with Gasteiger partial charge in [-0.3, -0.25) is 14.4 Å². The zero-order valence-corrected chi connectivity index (χ0v) is 49.4. The molecule has 0 bridgehead atoms. The third kappa shape index (κ3) is 60.0. The van der Waals surface area contributed by atoms with Crippen molar-refractivity contribution in [3.8, 4) is 0 Å². The first-order valence-corrected chi connectivity index (χ1v) is 32.3. The molecule has 6 heteroatoms. The van der Waals surface area contributed by atoms with Gasteiger partial charge in [0.05, 0.1) is 0 Å². The van der Waals surface area contributed by atoms with E-state index in [9.17, 15) is 14.4 Å². The molecule has 6 nitrogen and oxygen atoms in total. The van der Waals surface area contributed by atoms with E-state index in [2.05, 4.69) is 81.5 Å². The highest BCUT2D eigenvalue weighted by atomic mass is 16.6. The van der Waals surface area contributed by atoms with Crippen molar-refractivity contribution >= 4 is 17.9 Å². The molecule has 0 spiro atoms. The Bertz CT molecular complexity index is 1330. The average Bonchev–Trinajstić information content (AvgIpc) is 3.40. The summed E-state index contributed by atoms with van der Waals surface area (Å²) in [5.41, 5.74) is 0. The number of hydrogen-bond acceptors (Lipinski definition) is 6. The van der Waals surface area contributed by atoms with Gasteiger partial charge < -0.3 is 14.2 Å². The van der Waals surface area contributed by atoms with E-state index in [0.717, 1.165) is 83.5 Å². The Hall–Kier alpha value is -2.89. The highest BCUT2D eigenvalue weighted by Gasteiger charge is 2.19. The van der Waals surface area contributed by atoms with Gasteiger partial charge in [-0.25, -0.2) is 0 Å². The second-order valence-corrected chi connectivity index (χ2v) is 21.7. The average molecular weight is 1040 g/mol. The standard InChI is InChI=1S/C68H122O6/c1-4-7-10-13-16-19-22-25-28-30-32-33-34-35-37-38-40-43-46-49-52-55-58-61-67(70)73-64-65(63-72-66(69)60-57-54-51-48-45-42-27-24-21-18-15-12-9-6-3)74-68(71)62-59-56-53-50-47-44-41-39-36-31-29-26-23-20-17-14-11-8-5-2/h17,20,22,25-26,29-30,32,34-35,65H,4-16,18-19,21,23-24,27-28,31,33,36-64H2,1-3H3/b20-17-,25-22-,29-26-,32-30-,35-34-. The van der Waals surface area contributed by atoms with Gasteiger partial charge in [0, 0.05) is 19.3 Å². The molecule has 0 aromatic rings. The summed E-state index contributed by atoms with van der Waals surface area (Å²) in [6.45, 7) is 6.64. The summed E-state index contributed by atoms with van der Waals surface area (Å²) in [6, 6.07) is 0. The monoisotopic (exact) mass is 1030 g/mol. The van der Waals surface area contributed by atoms with Crippen LogP contribution >= 0.6 is 0 Å². The molecule has 0 aromatic heterocycles. The Kier molecular flexibility index (Phi) is 60.2. The zero-order valence-electron chi connectivity index (χ0n) is 49.4. The summed E-state index contributed by atoms with van der Waals surface area (Å²) < 4.78 is 16.9. The lowest BCUT2D eigenvalue weighted by Crippen LogP contribution is -2.30. The number of allylic oxidation sites excluding steroid dienone is 10. The van der Waals surface area contributed by atoms with Crippen LogP contribution in [0.2, 0.25) is 0 Å². The van der Waals surface area contributed by atoms with Gasteiger partial charge >= 0.3 is 17.9 Å². The third-order valence-corrected chi connectivity index (χ3v) is 14.2. The number of carbonyl (C=O) groups is 3. The van der Waals surface area contributed by atoms with Crippen molar-refractivity contribution in [1.82, 2.24) is 0 Å². The van der Waals surface area contributed by atoms with Crippen LogP contribution in [-0.2, 0) is 28.6 Å². The van der Waals surface area contributed by atoms with Crippen LogP contribution in [0.1, 0.15) is 335 Å². The smallest absolute Gasteiger partial charge is 0.306 e. The second-order valence-electron chi connectivity index (χ2n) is 21.7. The number of ether oxygens (including phenoxy) is 3. The van der Waals surface area contributed by atoms with Crippen molar-refractivity contribution in [2.45, 2.75) is 341 Å². The van der Waals surface area contributed by atoms with E-state index < -0.39 is 6.10 Å². The van der Waals surface area contributed by atoms with Crippen LogP contribution in [0.4, 0.5) is 0 Å². The first kappa shape index (κ1) is 71.1. The van der Waals surface area contributed by atoms with E-state index in [4.69, 9.17) is 14.2 Å². The molecule has 0 saturated heterocycles. The van der Waals surface area contributed by atoms with Gasteiger partial charge in [0.25, 0.3) is 0 Å². The molecule has 0 fully saturated rings. The second kappa shape index (κ2) is 62.6. The van der Waals surface area contributed by atoms with Crippen LogP contribution in [0, 0.1) is 0 Å². The molecule has 430 valence electrons. The molecule has 0 aliphatic rings. The topological polar surface area (TPSA) is 78.9 Å². The number of unbranched alkanes of at least 4 members (excludes halogenated alkanes) is 38. The molecule has 0 aliphatic carbocycles. The highest BCUT2D eigenvalue weighted by molar-refractivity contribution is 5.71. The summed E-state index contributed by atoms with van der Waals surface area (Å²) >= 11 is 0. The van der Waals surface area contributed by atoms with Crippen LogP contribution < -0.4 is 0 Å². The molecular formula is C68H122O6. The summed E-state index contributed by atoms with van der Waals surface area (Å²) in [7, 11) is 0. The van der Waals surface area contributed by atoms with Gasteiger partial charge in [0.1, 0.15) is 13.2 Å². The van der Waals surface area contributed by atoms with Crippen molar-refractivity contribution in [1.29, 1.82) is 0 Å². The van der Waals surface area contributed by atoms with Crippen molar-refractivity contribution < 1.29 is 28.6 Å². The van der Waals surface area contributed by atoms with E-state index in [-0.39, 0.29) is 31.1 Å². The van der Waals surface area contributed by atoms with E-state index in [1.807, 2.05) is 0 Å². The minimum Gasteiger partial charge on any atom is -0.462 e. The van der Waals surface area contributed by atoms with Crippen LogP contribution in [0.3, 0.4) is 0 Å². The van der Waals surface area contributed by atoms with Gasteiger partial charge in [-0.2, -0.15) is 0 Å². The maximum absolute atomic E-state index is 12.9. The molecule has 0 aromatic carbocycles. The quantitative estimate of drug-likeness (QED) is 0.0261. The molecule has 1 atom stereocenters. The molecule has 74 heavy (non-hydrogen) atoms. The maximum atomic E-state index is 12.9. The molecule has 0 amide bonds. The predicted molar refractivity (Wildman–Crippen MR) is 321 cm³/mol. The van der Waals surface area contributed by atoms with E-state index in [0.29, 0.717) is 19.3 Å². The Labute approximate surface area is 460 Å². The fraction of sp³-hybridized carbons (Fsp3) is 0.809. The Morgan fingerprint density at radius 1 is 0.270 bits per heavy atom. The number of carbonyl (C=O) groups excluding carboxylic acids is 3. The van der Waals surface area contributed by atoms with Gasteiger partial charge in [0.15, 0.2) is 6.10 Å². The van der Waals surface area contributed by atoms with Gasteiger partial charge in [-0.05, 0) is 89.9 Å². The molecule has 0 radical (unpaired) electrons. The van der Waals surface area contributed by atoms with Crippen LogP contribution in [0.5, 0.6) is 0 Å². The van der Waals surface area contributed by atoms with Crippen molar-refractivity contribution in [2.24, 2.45) is 0 Å². The van der Waals surface area contributed by atoms with E-state index in [1.165, 1.54) is 212 Å². The first-order chi connectivity index (χ1) is 36.5. The normalized spacial score (nSPS) is 12.4. The van der Waals surface area contributed by atoms with Crippen molar-refractivity contribution in [3.05, 3.63) is 60.8 Å². The van der Waals surface area contributed by atoms with Crippen LogP contribution in [0.15, 0.2) is 60.8 Å². The van der Waals surface area contributed by atoms with Crippen LogP contribution in [0.25, 0.3) is 0 Å². The molecule has 0 heterocycles. The van der Waals surface area contributed by atoms with Crippen molar-refractivity contribution in [3.63, 3.8) is 0 Å². The molecule has 1 unspecified atom stereocenters. The number of esters is 3. The SMILES string of the molecule is CCCCC/C=C\C/C=C\CCCCCCCCCCCC(=O)OC(COC(=O)CCCCCCCCCC/C=C\C/C=C\C/C=C\CCCCCCC)COC(=O)CCCCCCCCCCCCCCCC. The lowest BCUT2D eigenvalue weighted by Gasteiger charge is -2.18. The largest absolute Gasteiger partial charge is 0.462 e. The minimum atomic E-state index is -0.779. The van der Waals surface area contributed by atoms with E-state index >= 15 is 0 Å². The summed E-state index contributed by atoms with van der Waals surface area (Å²) in [5, 5.41) is 0. The molecular weight excluding hydrogens is 913 g/mol. The van der Waals surface area contributed by atoms with Gasteiger partial charge in [-0.1, -0.05) is 287 Å². The lowest BCUT2D eigenvalue weighted by atomic mass is 10.0. The van der Waals surface area contributed by atoms with Gasteiger partial charge in [0.2, 0.25) is 0 Å². The van der Waals surface area contributed by atoms with Crippen LogP contribution in [-0.4, -0.2) is 37.2 Å². The maximum Gasteiger partial charge on any atom is 0.306 e. The third-order valence-electron chi connectivity index (χ3n) is 14.2. The Morgan fingerprint density at radius 2 is 0.486 bits per heavy atom. The number of rotatable bonds is 59. The predicted octanol–water partition coefficient (Wildman–Crippen LogP) is 21.9. The van der Waals surface area contributed by atoms with Gasteiger partial charge in [-0.15, -0.1) is 0 Å². The number of hydrogen-bond donors (Lipinski definition) is 0. The summed E-state index contributed by atoms with van der Waals surface area (Å²) in [5.74, 6) is -0.868.